The molecule has 2 N–H and O–H groups in total. The molecule has 152 valence electrons. The third-order valence-electron chi connectivity index (χ3n) is 5.75. The number of aromatic amines is 1. The summed E-state index contributed by atoms with van der Waals surface area (Å²) in [4.78, 5) is 41.5. The highest BCUT2D eigenvalue weighted by Gasteiger charge is 2.22. The number of nitrogens with zero attached hydrogens (tertiary/aromatic N) is 2. The second kappa shape index (κ2) is 7.73. The summed E-state index contributed by atoms with van der Waals surface area (Å²) in [6.07, 6.45) is 8.17. The molecule has 7 nitrogen and oxygen atoms in total. The van der Waals surface area contributed by atoms with Gasteiger partial charge in [0.25, 0.3) is 11.5 Å². The molecule has 1 aromatic carbocycles. The molecule has 0 radical (unpaired) electrons. The first kappa shape index (κ1) is 19.2. The van der Waals surface area contributed by atoms with Gasteiger partial charge in [-0.05, 0) is 31.9 Å². The second-order valence-corrected chi connectivity index (χ2v) is 7.95. The Balaban J connectivity index is 1.76. The molecular weight excluding hydrogens is 368 g/mol. The molecule has 29 heavy (non-hydrogen) atoms. The lowest BCUT2D eigenvalue weighted by atomic mass is 10.1. The normalized spacial score (nSPS) is 15.4. The fraction of sp³-hybridized carbons (Fsp3) is 0.409. The topological polar surface area (TPSA) is 88.9 Å². The number of H-pyrrole nitrogens is 1. The largest absolute Gasteiger partial charge is 0.349 e. The number of amides is 1. The Labute approximate surface area is 168 Å². The predicted molar refractivity (Wildman–Crippen MR) is 113 cm³/mol. The van der Waals surface area contributed by atoms with Crippen LogP contribution in [0, 0.1) is 6.92 Å². The lowest BCUT2D eigenvalue weighted by Crippen LogP contribution is -2.36. The summed E-state index contributed by atoms with van der Waals surface area (Å²) in [5.41, 5.74) is 1.46. The van der Waals surface area contributed by atoms with E-state index >= 15 is 0 Å². The summed E-state index contributed by atoms with van der Waals surface area (Å²) in [6.45, 7) is 1.94. The summed E-state index contributed by atoms with van der Waals surface area (Å²) in [7, 11) is 1.71. The number of hydrogen-bond acceptors (Lipinski definition) is 3. The van der Waals surface area contributed by atoms with E-state index in [0.717, 1.165) is 35.8 Å². The molecule has 1 fully saturated rings. The lowest BCUT2D eigenvalue weighted by Gasteiger charge is -2.15. The van der Waals surface area contributed by atoms with E-state index in [0.29, 0.717) is 16.8 Å². The maximum atomic E-state index is 13.1. The quantitative estimate of drug-likeness (QED) is 0.670. The molecule has 0 bridgehead atoms. The summed E-state index contributed by atoms with van der Waals surface area (Å²) < 4.78 is 2.72. The van der Waals surface area contributed by atoms with Gasteiger partial charge in [-0.25, -0.2) is 9.36 Å². The maximum Gasteiger partial charge on any atom is 0.333 e. The highest BCUT2D eigenvalue weighted by Crippen LogP contribution is 2.19. The third-order valence-corrected chi connectivity index (χ3v) is 5.75. The van der Waals surface area contributed by atoms with E-state index in [1.807, 2.05) is 19.1 Å². The molecule has 4 rings (SSSR count). The van der Waals surface area contributed by atoms with Crippen LogP contribution in [0.2, 0.25) is 0 Å². The molecule has 1 aliphatic rings. The van der Waals surface area contributed by atoms with Crippen LogP contribution < -0.4 is 16.6 Å². The summed E-state index contributed by atoms with van der Waals surface area (Å²) in [5.74, 6) is -0.245. The zero-order valence-corrected chi connectivity index (χ0v) is 16.8. The van der Waals surface area contributed by atoms with Crippen molar-refractivity contribution in [3.05, 3.63) is 62.4 Å². The molecule has 1 aliphatic carbocycles. The molecule has 0 saturated heterocycles. The van der Waals surface area contributed by atoms with E-state index in [2.05, 4.69) is 10.3 Å². The summed E-state index contributed by atoms with van der Waals surface area (Å²) in [6, 6.07) is 7.31. The molecule has 1 saturated carbocycles. The number of nitrogens with one attached hydrogen (secondary N) is 2. The second-order valence-electron chi connectivity index (χ2n) is 7.95. The number of carbonyl (C=O) groups excluding carboxylic acids is 1. The molecule has 3 aromatic rings. The third kappa shape index (κ3) is 3.64. The Kier molecular flexibility index (Phi) is 5.13. The van der Waals surface area contributed by atoms with Crippen LogP contribution in [0.1, 0.15) is 54.4 Å². The van der Waals surface area contributed by atoms with Crippen molar-refractivity contribution in [3.63, 3.8) is 0 Å². The summed E-state index contributed by atoms with van der Waals surface area (Å²) in [5, 5.41) is 3.09. The minimum Gasteiger partial charge on any atom is -0.349 e. The molecule has 1 amide bonds. The zero-order valence-electron chi connectivity index (χ0n) is 16.8. The van der Waals surface area contributed by atoms with Gasteiger partial charge in [0, 0.05) is 19.3 Å². The van der Waals surface area contributed by atoms with Gasteiger partial charge in [0.15, 0.2) is 0 Å². The molecule has 0 aliphatic heterocycles. The minimum absolute atomic E-state index is 0.139. The van der Waals surface area contributed by atoms with Crippen molar-refractivity contribution >= 4 is 16.9 Å². The molecule has 0 spiro atoms. The molecule has 0 atom stereocenters. The number of aryl methyl sites for hydroxylation is 2. The van der Waals surface area contributed by atoms with Crippen LogP contribution in [-0.4, -0.2) is 26.1 Å². The molecular formula is C22H26N4O3. The fourth-order valence-electron chi connectivity index (χ4n) is 4.16. The minimum atomic E-state index is -0.555. The molecule has 2 heterocycles. The van der Waals surface area contributed by atoms with E-state index < -0.39 is 11.2 Å². The van der Waals surface area contributed by atoms with Gasteiger partial charge in [0.2, 0.25) is 0 Å². The number of carbonyl (C=O) groups is 1. The van der Waals surface area contributed by atoms with Gasteiger partial charge < -0.3 is 14.9 Å². The maximum absolute atomic E-state index is 13.1. The van der Waals surface area contributed by atoms with Crippen molar-refractivity contribution in [1.29, 1.82) is 0 Å². The van der Waals surface area contributed by atoms with E-state index in [1.165, 1.54) is 12.8 Å². The Morgan fingerprint density at radius 2 is 1.72 bits per heavy atom. The molecule has 7 heteroatoms. The Morgan fingerprint density at radius 3 is 2.38 bits per heavy atom. The van der Waals surface area contributed by atoms with Crippen molar-refractivity contribution in [2.24, 2.45) is 7.05 Å². The average Bonchev–Trinajstić information content (AvgIpc) is 2.85. The first-order valence-corrected chi connectivity index (χ1v) is 10.2. The first-order valence-electron chi connectivity index (χ1n) is 10.2. The molecule has 2 aromatic heterocycles. The standard InChI is InChI=1S/C22H26N4O3/c1-14-9-11-16(12-10-14)26-21(28)19-18(24-22(26)29)17(13-25(19)2)20(27)23-15-7-5-3-4-6-8-15/h9-13,15H,3-8H2,1-2H3,(H,23,27)(H,24,29). The van der Waals surface area contributed by atoms with E-state index in [9.17, 15) is 14.4 Å². The van der Waals surface area contributed by atoms with Gasteiger partial charge >= 0.3 is 5.69 Å². The van der Waals surface area contributed by atoms with Gasteiger partial charge in [0.05, 0.1) is 16.8 Å². The monoisotopic (exact) mass is 394 g/mol. The van der Waals surface area contributed by atoms with Crippen molar-refractivity contribution < 1.29 is 4.79 Å². The van der Waals surface area contributed by atoms with E-state index in [-0.39, 0.29) is 17.5 Å². The van der Waals surface area contributed by atoms with Gasteiger partial charge in [-0.2, -0.15) is 0 Å². The van der Waals surface area contributed by atoms with Gasteiger partial charge in [-0.15, -0.1) is 0 Å². The number of aromatic nitrogens is 3. The van der Waals surface area contributed by atoms with Crippen LogP contribution in [-0.2, 0) is 7.05 Å². The van der Waals surface area contributed by atoms with Gasteiger partial charge in [0.1, 0.15) is 5.52 Å². The lowest BCUT2D eigenvalue weighted by molar-refractivity contribution is 0.0934. The van der Waals surface area contributed by atoms with Gasteiger partial charge in [-0.3, -0.25) is 9.59 Å². The number of hydrogen-bond donors (Lipinski definition) is 2. The van der Waals surface area contributed by atoms with E-state index in [1.54, 1.807) is 29.9 Å². The Hall–Kier alpha value is -3.09. The number of rotatable bonds is 3. The SMILES string of the molecule is Cc1ccc(-n2c(=O)[nH]c3c(C(=O)NC4CCCCCC4)cn(C)c3c2=O)cc1. The van der Waals surface area contributed by atoms with Gasteiger partial charge in [-0.1, -0.05) is 43.4 Å². The molecule has 0 unspecified atom stereocenters. The van der Waals surface area contributed by atoms with Crippen molar-refractivity contribution in [1.82, 2.24) is 19.4 Å². The zero-order chi connectivity index (χ0) is 20.5. The van der Waals surface area contributed by atoms with E-state index in [4.69, 9.17) is 0 Å². The number of fused-ring (bicyclic) bond motifs is 1. The Morgan fingerprint density at radius 1 is 1.07 bits per heavy atom. The highest BCUT2D eigenvalue weighted by atomic mass is 16.2. The van der Waals surface area contributed by atoms with Crippen LogP contribution >= 0.6 is 0 Å². The van der Waals surface area contributed by atoms with Crippen LogP contribution in [0.25, 0.3) is 16.7 Å². The smallest absolute Gasteiger partial charge is 0.333 e. The van der Waals surface area contributed by atoms with Crippen LogP contribution in [0.15, 0.2) is 40.1 Å². The predicted octanol–water partition coefficient (Wildman–Crippen LogP) is 2.78. The first-order chi connectivity index (χ1) is 14.0. The number of benzene rings is 1. The van der Waals surface area contributed by atoms with Crippen molar-refractivity contribution in [2.75, 3.05) is 0 Å². The summed E-state index contributed by atoms with van der Waals surface area (Å²) >= 11 is 0. The highest BCUT2D eigenvalue weighted by molar-refractivity contribution is 6.05. The van der Waals surface area contributed by atoms with Crippen LogP contribution in [0.3, 0.4) is 0 Å². The van der Waals surface area contributed by atoms with Crippen molar-refractivity contribution in [2.45, 2.75) is 51.5 Å². The van der Waals surface area contributed by atoms with Crippen LogP contribution in [0.5, 0.6) is 0 Å². The van der Waals surface area contributed by atoms with Crippen LogP contribution in [0.4, 0.5) is 0 Å². The van der Waals surface area contributed by atoms with Crippen molar-refractivity contribution in [3.8, 4) is 5.69 Å². The fourth-order valence-corrected chi connectivity index (χ4v) is 4.16. The average molecular weight is 394 g/mol. The Bertz CT molecular complexity index is 1160.